The van der Waals surface area contributed by atoms with Crippen LogP contribution in [0.5, 0.6) is 0 Å². The molecule has 0 heterocycles. The number of non-ortho nitro benzene ring substituents is 1. The van der Waals surface area contributed by atoms with Gasteiger partial charge in [-0.15, -0.1) is 0 Å². The molecule has 0 saturated heterocycles. The van der Waals surface area contributed by atoms with Gasteiger partial charge in [-0.1, -0.05) is 6.07 Å². The normalized spacial score (nSPS) is 25.4. The van der Waals surface area contributed by atoms with E-state index in [0.29, 0.717) is 12.8 Å². The Balaban J connectivity index is 2.00. The number of nitro benzene ring substituents is 1. The Labute approximate surface area is 142 Å². The molecular formula is C17H22N2O4S. The number of rotatable bonds is 2. The van der Waals surface area contributed by atoms with Crippen molar-refractivity contribution >= 4 is 21.4 Å². The maximum absolute atomic E-state index is 12.5. The van der Waals surface area contributed by atoms with Gasteiger partial charge >= 0.3 is 0 Å². The van der Waals surface area contributed by atoms with E-state index in [4.69, 9.17) is 0 Å². The first-order valence-electron chi connectivity index (χ1n) is 8.19. The van der Waals surface area contributed by atoms with Gasteiger partial charge in [0.2, 0.25) is 0 Å². The molecule has 130 valence electrons. The quantitative estimate of drug-likeness (QED) is 0.604. The molecule has 7 heteroatoms. The maximum atomic E-state index is 12.5. The number of hydrogen-bond acceptors (Lipinski definition) is 4. The zero-order valence-corrected chi connectivity index (χ0v) is 15.0. The minimum Gasteiger partial charge on any atom is -0.258 e. The molecule has 2 aliphatic rings. The van der Waals surface area contributed by atoms with E-state index in [0.717, 1.165) is 29.7 Å². The Morgan fingerprint density at radius 2 is 1.71 bits per heavy atom. The number of fused-ring (bicyclic) bond motifs is 3. The first-order valence-corrected chi connectivity index (χ1v) is 9.63. The van der Waals surface area contributed by atoms with Crippen molar-refractivity contribution in [2.75, 3.05) is 0 Å². The highest BCUT2D eigenvalue weighted by Gasteiger charge is 2.39. The molecule has 1 saturated carbocycles. The molecule has 0 aromatic heterocycles. The summed E-state index contributed by atoms with van der Waals surface area (Å²) < 4.78 is 28.3. The molecule has 0 amide bonds. The Bertz CT molecular complexity index is 821. The molecule has 2 atom stereocenters. The molecule has 2 unspecified atom stereocenters. The van der Waals surface area contributed by atoms with Gasteiger partial charge in [-0.05, 0) is 57.6 Å². The van der Waals surface area contributed by atoms with Crippen molar-refractivity contribution in [3.05, 3.63) is 39.4 Å². The lowest BCUT2D eigenvalue weighted by atomic mass is 9.93. The highest BCUT2D eigenvalue weighted by atomic mass is 32.2. The lowest BCUT2D eigenvalue weighted by Crippen LogP contribution is -2.28. The molecule has 2 bridgehead atoms. The third-order valence-corrected chi connectivity index (χ3v) is 7.03. The molecule has 1 aromatic rings. The number of benzene rings is 1. The van der Waals surface area contributed by atoms with Gasteiger partial charge in [-0.25, -0.2) is 8.42 Å². The number of hydrogen-bond donors (Lipinski definition) is 0. The average Bonchev–Trinajstić information content (AvgIpc) is 2.72. The van der Waals surface area contributed by atoms with Gasteiger partial charge in [0.25, 0.3) is 15.7 Å². The minimum atomic E-state index is -3.57. The van der Waals surface area contributed by atoms with Gasteiger partial charge in [0, 0.05) is 29.7 Å². The second-order valence-corrected chi connectivity index (χ2v) is 10.1. The first kappa shape index (κ1) is 17.1. The standard InChI is InChI=1S/C17H22N2O4S/c1-17(2,3)24(22,23)18-16-12-4-5-13(16)9-14-10-15(19(20)21)7-6-11(14)8-12/h6-7,10,12-13H,4-5,8-9H2,1-3H3. The van der Waals surface area contributed by atoms with Gasteiger partial charge in [0.05, 0.1) is 9.67 Å². The van der Waals surface area contributed by atoms with Crippen molar-refractivity contribution in [1.29, 1.82) is 0 Å². The second kappa shape index (κ2) is 5.65. The molecule has 0 N–H and O–H groups in total. The monoisotopic (exact) mass is 350 g/mol. The van der Waals surface area contributed by atoms with Gasteiger partial charge < -0.3 is 0 Å². The van der Waals surface area contributed by atoms with E-state index in [1.807, 2.05) is 6.07 Å². The number of sulfonamides is 1. The summed E-state index contributed by atoms with van der Waals surface area (Å²) in [6, 6.07) is 4.97. The Morgan fingerprint density at radius 3 is 2.25 bits per heavy atom. The lowest BCUT2D eigenvalue weighted by Gasteiger charge is -2.18. The van der Waals surface area contributed by atoms with Crippen LogP contribution in [0, 0.1) is 22.0 Å². The van der Waals surface area contributed by atoms with Crippen LogP contribution in [-0.2, 0) is 22.9 Å². The predicted molar refractivity (Wildman–Crippen MR) is 92.8 cm³/mol. The van der Waals surface area contributed by atoms with E-state index in [2.05, 4.69) is 4.40 Å². The molecule has 1 fully saturated rings. The summed E-state index contributed by atoms with van der Waals surface area (Å²) in [5, 5.41) is 11.0. The molecule has 0 spiro atoms. The van der Waals surface area contributed by atoms with Crippen LogP contribution < -0.4 is 0 Å². The molecular weight excluding hydrogens is 328 g/mol. The van der Waals surface area contributed by atoms with Gasteiger partial charge in [-0.3, -0.25) is 10.1 Å². The Morgan fingerprint density at radius 1 is 1.12 bits per heavy atom. The second-order valence-electron chi connectivity index (χ2n) is 7.69. The summed E-state index contributed by atoms with van der Waals surface area (Å²) in [7, 11) is -3.57. The van der Waals surface area contributed by atoms with Gasteiger partial charge in [0.15, 0.2) is 0 Å². The SMILES string of the molecule is CC(C)(C)S(=O)(=O)N=C1C2CCC1Cc1cc([N+](=O)[O-])ccc1C2. The fraction of sp³-hybridized carbons (Fsp3) is 0.588. The van der Waals surface area contributed by atoms with Crippen LogP contribution in [0.1, 0.15) is 44.7 Å². The molecule has 24 heavy (non-hydrogen) atoms. The lowest BCUT2D eigenvalue weighted by molar-refractivity contribution is -0.384. The summed E-state index contributed by atoms with van der Waals surface area (Å²) in [6.45, 7) is 4.97. The van der Waals surface area contributed by atoms with Crippen LogP contribution in [0.4, 0.5) is 5.69 Å². The van der Waals surface area contributed by atoms with Crippen molar-refractivity contribution in [3.63, 3.8) is 0 Å². The summed E-state index contributed by atoms with van der Waals surface area (Å²) in [5.41, 5.74) is 2.89. The third-order valence-electron chi connectivity index (χ3n) is 5.03. The van der Waals surface area contributed by atoms with Crippen LogP contribution in [0.15, 0.2) is 22.6 Å². The van der Waals surface area contributed by atoms with Crippen LogP contribution in [0.25, 0.3) is 0 Å². The molecule has 0 aliphatic heterocycles. The Kier molecular flexibility index (Phi) is 4.02. The number of nitro groups is 1. The average molecular weight is 350 g/mol. The third kappa shape index (κ3) is 2.97. The van der Waals surface area contributed by atoms with E-state index >= 15 is 0 Å². The minimum absolute atomic E-state index is 0.0652. The van der Waals surface area contributed by atoms with Crippen molar-refractivity contribution in [2.45, 2.75) is 51.2 Å². The molecule has 2 aliphatic carbocycles. The van der Waals surface area contributed by atoms with Crippen molar-refractivity contribution in [1.82, 2.24) is 0 Å². The summed E-state index contributed by atoms with van der Waals surface area (Å²) in [6.07, 6.45) is 3.17. The number of nitrogens with zero attached hydrogens (tertiary/aromatic N) is 2. The van der Waals surface area contributed by atoms with Crippen LogP contribution in [0.2, 0.25) is 0 Å². The molecule has 1 aromatic carbocycles. The van der Waals surface area contributed by atoms with Crippen molar-refractivity contribution in [3.8, 4) is 0 Å². The molecule has 3 rings (SSSR count). The molecule has 0 radical (unpaired) electrons. The van der Waals surface area contributed by atoms with E-state index < -0.39 is 14.8 Å². The van der Waals surface area contributed by atoms with Crippen LogP contribution in [0.3, 0.4) is 0 Å². The molecule has 6 nitrogen and oxygen atoms in total. The summed E-state index contributed by atoms with van der Waals surface area (Å²) in [5.74, 6) is 0.185. The smallest absolute Gasteiger partial charge is 0.258 e. The topological polar surface area (TPSA) is 89.6 Å². The van der Waals surface area contributed by atoms with Gasteiger partial charge in [-0.2, -0.15) is 4.40 Å². The van der Waals surface area contributed by atoms with Crippen molar-refractivity contribution < 1.29 is 13.3 Å². The zero-order chi connectivity index (χ0) is 17.7. The van der Waals surface area contributed by atoms with E-state index in [9.17, 15) is 18.5 Å². The largest absolute Gasteiger partial charge is 0.269 e. The summed E-state index contributed by atoms with van der Waals surface area (Å²) >= 11 is 0. The van der Waals surface area contributed by atoms with Gasteiger partial charge in [0.1, 0.15) is 0 Å². The zero-order valence-electron chi connectivity index (χ0n) is 14.2. The van der Waals surface area contributed by atoms with E-state index in [1.165, 1.54) is 6.07 Å². The fourth-order valence-electron chi connectivity index (χ4n) is 3.52. The van der Waals surface area contributed by atoms with Crippen LogP contribution in [-0.4, -0.2) is 23.8 Å². The van der Waals surface area contributed by atoms with Crippen molar-refractivity contribution in [2.24, 2.45) is 16.2 Å². The maximum Gasteiger partial charge on any atom is 0.269 e. The summed E-state index contributed by atoms with van der Waals surface area (Å²) in [4.78, 5) is 10.6. The predicted octanol–water partition coefficient (Wildman–Crippen LogP) is 3.29. The highest BCUT2D eigenvalue weighted by molar-refractivity contribution is 7.91. The fourth-order valence-corrected chi connectivity index (χ4v) is 4.37. The Hall–Kier alpha value is -1.76. The van der Waals surface area contributed by atoms with E-state index in [1.54, 1.807) is 26.8 Å². The van der Waals surface area contributed by atoms with Crippen LogP contribution >= 0.6 is 0 Å². The first-order chi connectivity index (χ1) is 11.1. The highest BCUT2D eigenvalue weighted by Crippen LogP contribution is 2.39. The van der Waals surface area contributed by atoms with E-state index in [-0.39, 0.29) is 22.4 Å².